The first kappa shape index (κ1) is 17.2. The molecule has 0 aromatic heterocycles. The van der Waals surface area contributed by atoms with Crippen LogP contribution in [0.3, 0.4) is 0 Å². The fourth-order valence-electron chi connectivity index (χ4n) is 3.75. The molecule has 122 valence electrons. The van der Waals surface area contributed by atoms with Crippen molar-refractivity contribution < 1.29 is 4.39 Å². The molecule has 1 fully saturated rings. The van der Waals surface area contributed by atoms with Crippen LogP contribution in [0.1, 0.15) is 81.8 Å². The zero-order chi connectivity index (χ0) is 15.6. The molecule has 0 amide bonds. The molecule has 0 N–H and O–H groups in total. The first-order valence-electron chi connectivity index (χ1n) is 9.17. The Balaban J connectivity index is 1.74. The van der Waals surface area contributed by atoms with E-state index in [0.29, 0.717) is 12.8 Å². The van der Waals surface area contributed by atoms with Crippen molar-refractivity contribution in [2.24, 2.45) is 5.92 Å². The molecule has 0 radical (unpaired) electrons. The molecule has 0 unspecified atom stereocenters. The number of hydrogen-bond acceptors (Lipinski definition) is 0. The maximum Gasteiger partial charge on any atom is 0.0830 e. The summed E-state index contributed by atoms with van der Waals surface area (Å²) in [7, 11) is 0. The normalized spacial score (nSPS) is 22.3. The lowest BCUT2D eigenvalue weighted by atomic mass is 9.77. The van der Waals surface area contributed by atoms with Gasteiger partial charge in [-0.1, -0.05) is 69.4 Å². The van der Waals surface area contributed by atoms with Gasteiger partial charge in [-0.15, -0.1) is 0 Å². The summed E-state index contributed by atoms with van der Waals surface area (Å²) in [6, 6.07) is 8.83. The summed E-state index contributed by atoms with van der Waals surface area (Å²) in [4.78, 5) is 0. The SMILES string of the molecule is CCCCCC[C@H]1CC[C@H](c2ccc(CC=CF)cc2)CC1. The molecule has 22 heavy (non-hydrogen) atoms. The van der Waals surface area contributed by atoms with Crippen LogP contribution in [0.15, 0.2) is 36.7 Å². The maximum absolute atomic E-state index is 12.0. The number of rotatable bonds is 8. The third-order valence-electron chi connectivity index (χ3n) is 5.21. The zero-order valence-corrected chi connectivity index (χ0v) is 14.1. The van der Waals surface area contributed by atoms with E-state index in [-0.39, 0.29) is 0 Å². The van der Waals surface area contributed by atoms with Crippen LogP contribution in [0.2, 0.25) is 0 Å². The molecule has 1 saturated carbocycles. The van der Waals surface area contributed by atoms with E-state index in [1.165, 1.54) is 68.9 Å². The van der Waals surface area contributed by atoms with E-state index in [0.717, 1.165) is 11.8 Å². The standard InChI is InChI=1S/C21H31F/c1-2-3-4-5-7-18-9-13-20(14-10-18)21-15-11-19(12-16-21)8-6-17-22/h6,11-12,15-18,20H,2-5,7-10,13-14H2,1H3/t18-,20-. The zero-order valence-electron chi connectivity index (χ0n) is 14.1. The summed E-state index contributed by atoms with van der Waals surface area (Å²) in [5, 5.41) is 0. The average Bonchev–Trinajstić information content (AvgIpc) is 2.58. The first-order chi connectivity index (χ1) is 10.8. The van der Waals surface area contributed by atoms with Crippen molar-refractivity contribution in [1.82, 2.24) is 0 Å². The minimum Gasteiger partial charge on any atom is -0.216 e. The molecule has 1 aliphatic rings. The predicted octanol–water partition coefficient (Wildman–Crippen LogP) is 6.96. The van der Waals surface area contributed by atoms with Gasteiger partial charge in [0.2, 0.25) is 0 Å². The van der Waals surface area contributed by atoms with E-state index in [2.05, 4.69) is 31.2 Å². The van der Waals surface area contributed by atoms with E-state index in [9.17, 15) is 4.39 Å². The molecule has 1 aliphatic carbocycles. The number of allylic oxidation sites excluding steroid dienone is 1. The third kappa shape index (κ3) is 5.59. The van der Waals surface area contributed by atoms with Crippen LogP contribution in [-0.4, -0.2) is 0 Å². The van der Waals surface area contributed by atoms with Crippen molar-refractivity contribution in [3.8, 4) is 0 Å². The average molecular weight is 302 g/mol. The van der Waals surface area contributed by atoms with Crippen molar-refractivity contribution in [2.45, 2.75) is 77.0 Å². The van der Waals surface area contributed by atoms with Crippen LogP contribution in [0, 0.1) is 5.92 Å². The summed E-state index contributed by atoms with van der Waals surface area (Å²) < 4.78 is 12.0. The molecule has 1 heteroatoms. The van der Waals surface area contributed by atoms with Gasteiger partial charge in [0.25, 0.3) is 0 Å². The smallest absolute Gasteiger partial charge is 0.0830 e. The van der Waals surface area contributed by atoms with Crippen molar-refractivity contribution >= 4 is 0 Å². The molecular formula is C21H31F. The van der Waals surface area contributed by atoms with Gasteiger partial charge in [0.05, 0.1) is 6.33 Å². The summed E-state index contributed by atoms with van der Waals surface area (Å²) in [6.07, 6.45) is 15.4. The van der Waals surface area contributed by atoms with Crippen LogP contribution < -0.4 is 0 Å². The van der Waals surface area contributed by atoms with Gasteiger partial charge in [0.15, 0.2) is 0 Å². The molecular weight excluding hydrogens is 271 g/mol. The van der Waals surface area contributed by atoms with Crippen LogP contribution in [0.25, 0.3) is 0 Å². The minimum atomic E-state index is 0.635. The molecule has 0 bridgehead atoms. The topological polar surface area (TPSA) is 0 Å². The summed E-state index contributed by atoms with van der Waals surface area (Å²) in [6.45, 7) is 2.28. The third-order valence-corrected chi connectivity index (χ3v) is 5.21. The second kappa shape index (κ2) is 9.82. The summed E-state index contributed by atoms with van der Waals surface area (Å²) in [5.41, 5.74) is 2.68. The van der Waals surface area contributed by atoms with E-state index >= 15 is 0 Å². The molecule has 0 nitrogen and oxygen atoms in total. The van der Waals surface area contributed by atoms with Crippen molar-refractivity contribution in [1.29, 1.82) is 0 Å². The molecule has 1 aromatic carbocycles. The lowest BCUT2D eigenvalue weighted by molar-refractivity contribution is 0.302. The van der Waals surface area contributed by atoms with Gasteiger partial charge in [-0.25, -0.2) is 4.39 Å². The fraction of sp³-hybridized carbons (Fsp3) is 0.619. The molecule has 0 atom stereocenters. The Kier molecular flexibility index (Phi) is 7.70. The van der Waals surface area contributed by atoms with E-state index in [1.807, 2.05) is 0 Å². The second-order valence-electron chi connectivity index (χ2n) is 6.87. The Morgan fingerprint density at radius 1 is 1.00 bits per heavy atom. The van der Waals surface area contributed by atoms with Gasteiger partial charge in [-0.3, -0.25) is 0 Å². The highest BCUT2D eigenvalue weighted by molar-refractivity contribution is 5.27. The largest absolute Gasteiger partial charge is 0.216 e. The Bertz CT molecular complexity index is 424. The van der Waals surface area contributed by atoms with Gasteiger partial charge in [0, 0.05) is 0 Å². The van der Waals surface area contributed by atoms with Crippen LogP contribution in [0.4, 0.5) is 4.39 Å². The van der Waals surface area contributed by atoms with Crippen LogP contribution in [0.5, 0.6) is 0 Å². The van der Waals surface area contributed by atoms with Crippen LogP contribution >= 0.6 is 0 Å². The second-order valence-corrected chi connectivity index (χ2v) is 6.87. The quantitative estimate of drug-likeness (QED) is 0.455. The highest BCUT2D eigenvalue weighted by atomic mass is 19.1. The molecule has 0 saturated heterocycles. The lowest BCUT2D eigenvalue weighted by Crippen LogP contribution is -2.13. The monoisotopic (exact) mass is 302 g/mol. The summed E-state index contributed by atoms with van der Waals surface area (Å²) >= 11 is 0. The molecule has 2 rings (SSSR count). The van der Waals surface area contributed by atoms with Gasteiger partial charge < -0.3 is 0 Å². The summed E-state index contributed by atoms with van der Waals surface area (Å²) in [5.74, 6) is 1.72. The first-order valence-corrected chi connectivity index (χ1v) is 9.17. The molecule has 0 aliphatic heterocycles. The van der Waals surface area contributed by atoms with E-state index in [1.54, 1.807) is 6.08 Å². The Hall–Kier alpha value is -1.11. The Morgan fingerprint density at radius 3 is 2.36 bits per heavy atom. The Labute approximate surface area is 135 Å². The Morgan fingerprint density at radius 2 is 1.73 bits per heavy atom. The van der Waals surface area contributed by atoms with Gasteiger partial charge in [0.1, 0.15) is 0 Å². The highest BCUT2D eigenvalue weighted by Crippen LogP contribution is 2.37. The number of hydrogen-bond donors (Lipinski definition) is 0. The molecule has 0 heterocycles. The minimum absolute atomic E-state index is 0.635. The van der Waals surface area contributed by atoms with E-state index < -0.39 is 0 Å². The fourth-order valence-corrected chi connectivity index (χ4v) is 3.75. The van der Waals surface area contributed by atoms with Crippen molar-refractivity contribution in [3.05, 3.63) is 47.8 Å². The molecule has 1 aromatic rings. The number of halogens is 1. The number of unbranched alkanes of at least 4 members (excludes halogenated alkanes) is 3. The van der Waals surface area contributed by atoms with Crippen LogP contribution in [-0.2, 0) is 6.42 Å². The number of benzene rings is 1. The molecule has 0 spiro atoms. The lowest BCUT2D eigenvalue weighted by Gasteiger charge is -2.29. The van der Waals surface area contributed by atoms with Crippen molar-refractivity contribution in [2.75, 3.05) is 0 Å². The van der Waals surface area contributed by atoms with Gasteiger partial charge in [-0.2, -0.15) is 0 Å². The van der Waals surface area contributed by atoms with Gasteiger partial charge in [-0.05, 0) is 55.1 Å². The van der Waals surface area contributed by atoms with Crippen molar-refractivity contribution in [3.63, 3.8) is 0 Å². The van der Waals surface area contributed by atoms with E-state index in [4.69, 9.17) is 0 Å². The highest BCUT2D eigenvalue weighted by Gasteiger charge is 2.21. The predicted molar refractivity (Wildman–Crippen MR) is 93.9 cm³/mol. The van der Waals surface area contributed by atoms with Gasteiger partial charge >= 0.3 is 0 Å². The maximum atomic E-state index is 12.0.